The average Bonchev–Trinajstić information content (AvgIpc) is 2.46. The van der Waals surface area contributed by atoms with Crippen molar-refractivity contribution < 1.29 is 0 Å². The Kier molecular flexibility index (Phi) is 4.57. The second-order valence-corrected chi connectivity index (χ2v) is 5.42. The highest BCUT2D eigenvalue weighted by atomic mass is 35.5. The number of hydrogen-bond acceptors (Lipinski definition) is 3. The summed E-state index contributed by atoms with van der Waals surface area (Å²) in [4.78, 5) is 6.67. The molecular formula is C15H16ClN3S. The maximum atomic E-state index is 6.24. The molecule has 104 valence electrons. The molecule has 0 aliphatic rings. The van der Waals surface area contributed by atoms with Gasteiger partial charge in [-0.15, -0.1) is 0 Å². The molecule has 1 atom stereocenters. The van der Waals surface area contributed by atoms with Gasteiger partial charge in [0, 0.05) is 12.1 Å². The molecule has 0 aliphatic carbocycles. The molecular weight excluding hydrogens is 290 g/mol. The Morgan fingerprint density at radius 3 is 2.55 bits per heavy atom. The van der Waals surface area contributed by atoms with Crippen LogP contribution in [0.1, 0.15) is 24.2 Å². The second kappa shape index (κ2) is 6.20. The molecule has 5 heteroatoms. The topological polar surface area (TPSA) is 42.1 Å². The largest absolute Gasteiger partial charge is 0.388 e. The van der Waals surface area contributed by atoms with Gasteiger partial charge in [0.25, 0.3) is 0 Å². The zero-order chi connectivity index (χ0) is 14.7. The molecule has 1 aromatic heterocycles. The van der Waals surface area contributed by atoms with Crippen LogP contribution in [0.5, 0.6) is 0 Å². The zero-order valence-corrected chi connectivity index (χ0v) is 12.9. The first-order valence-corrected chi connectivity index (χ1v) is 7.02. The molecule has 0 spiro atoms. The molecule has 1 aromatic carbocycles. The van der Waals surface area contributed by atoms with E-state index in [1.807, 2.05) is 43.4 Å². The number of rotatable bonds is 4. The summed E-state index contributed by atoms with van der Waals surface area (Å²) in [5, 5.41) is 0.763. The highest BCUT2D eigenvalue weighted by molar-refractivity contribution is 7.80. The molecule has 2 rings (SSSR count). The van der Waals surface area contributed by atoms with Crippen LogP contribution in [0.4, 0.5) is 5.69 Å². The monoisotopic (exact) mass is 305 g/mol. The molecule has 2 N–H and O–H groups in total. The van der Waals surface area contributed by atoms with Crippen molar-refractivity contribution in [2.45, 2.75) is 13.0 Å². The number of benzene rings is 1. The molecule has 0 saturated heterocycles. The Bertz CT molecular complexity index is 613. The Hall–Kier alpha value is -1.65. The van der Waals surface area contributed by atoms with Gasteiger partial charge in [-0.25, -0.2) is 0 Å². The molecule has 0 fully saturated rings. The SMILES string of the molecule is CC(c1ccccc1Cl)N(C)c1ccc(C(N)=S)nc1. The summed E-state index contributed by atoms with van der Waals surface area (Å²) >= 11 is 11.1. The van der Waals surface area contributed by atoms with Gasteiger partial charge in [0.1, 0.15) is 4.99 Å². The van der Waals surface area contributed by atoms with Crippen molar-refractivity contribution in [1.82, 2.24) is 4.98 Å². The van der Waals surface area contributed by atoms with Gasteiger partial charge in [0.05, 0.1) is 23.6 Å². The van der Waals surface area contributed by atoms with Crippen molar-refractivity contribution in [3.63, 3.8) is 0 Å². The van der Waals surface area contributed by atoms with Gasteiger partial charge in [-0.3, -0.25) is 4.98 Å². The Labute approximate surface area is 129 Å². The van der Waals surface area contributed by atoms with Crippen LogP contribution in [0.15, 0.2) is 42.6 Å². The zero-order valence-electron chi connectivity index (χ0n) is 11.4. The number of pyridine rings is 1. The molecule has 0 saturated carbocycles. The minimum absolute atomic E-state index is 0.140. The van der Waals surface area contributed by atoms with E-state index >= 15 is 0 Å². The number of nitrogens with two attached hydrogens (primary N) is 1. The Morgan fingerprint density at radius 2 is 2.00 bits per heavy atom. The van der Waals surface area contributed by atoms with E-state index in [0.717, 1.165) is 16.3 Å². The number of thiocarbonyl (C=S) groups is 1. The predicted octanol–water partition coefficient (Wildman–Crippen LogP) is 3.57. The van der Waals surface area contributed by atoms with Crippen LogP contribution in [0.3, 0.4) is 0 Å². The standard InChI is InChI=1S/C15H16ClN3S/c1-10(12-5-3-4-6-13(12)16)19(2)11-7-8-14(15(17)20)18-9-11/h3-10H,1-2H3,(H2,17,20). The van der Waals surface area contributed by atoms with Crippen LogP contribution in [-0.2, 0) is 0 Å². The van der Waals surface area contributed by atoms with Gasteiger partial charge in [0.2, 0.25) is 0 Å². The summed E-state index contributed by atoms with van der Waals surface area (Å²) in [6.45, 7) is 2.10. The fourth-order valence-corrected chi connectivity index (χ4v) is 2.40. The first kappa shape index (κ1) is 14.8. The molecule has 1 heterocycles. The van der Waals surface area contributed by atoms with E-state index in [9.17, 15) is 0 Å². The Balaban J connectivity index is 2.24. The highest BCUT2D eigenvalue weighted by Gasteiger charge is 2.15. The molecule has 1 unspecified atom stereocenters. The van der Waals surface area contributed by atoms with E-state index < -0.39 is 0 Å². The van der Waals surface area contributed by atoms with Gasteiger partial charge in [0.15, 0.2) is 0 Å². The average molecular weight is 306 g/mol. The summed E-state index contributed by atoms with van der Waals surface area (Å²) in [5.41, 5.74) is 8.24. The van der Waals surface area contributed by atoms with Crippen molar-refractivity contribution in [3.8, 4) is 0 Å². The van der Waals surface area contributed by atoms with Crippen LogP contribution in [0.25, 0.3) is 0 Å². The van der Waals surface area contributed by atoms with E-state index in [-0.39, 0.29) is 6.04 Å². The maximum absolute atomic E-state index is 6.24. The molecule has 0 amide bonds. The number of hydrogen-bond donors (Lipinski definition) is 1. The maximum Gasteiger partial charge on any atom is 0.122 e. The first-order valence-electron chi connectivity index (χ1n) is 6.24. The van der Waals surface area contributed by atoms with Gasteiger partial charge >= 0.3 is 0 Å². The van der Waals surface area contributed by atoms with Crippen molar-refractivity contribution >= 4 is 34.5 Å². The van der Waals surface area contributed by atoms with Crippen molar-refractivity contribution in [3.05, 3.63) is 58.9 Å². The Morgan fingerprint density at radius 1 is 1.30 bits per heavy atom. The van der Waals surface area contributed by atoms with Crippen LogP contribution in [-0.4, -0.2) is 17.0 Å². The van der Waals surface area contributed by atoms with Crippen LogP contribution >= 0.6 is 23.8 Å². The van der Waals surface area contributed by atoms with Gasteiger partial charge in [-0.05, 0) is 30.7 Å². The fourth-order valence-electron chi connectivity index (χ4n) is 1.99. The summed E-state index contributed by atoms with van der Waals surface area (Å²) in [5.74, 6) is 0. The van der Waals surface area contributed by atoms with Crippen LogP contribution in [0, 0.1) is 0 Å². The van der Waals surface area contributed by atoms with E-state index in [0.29, 0.717) is 10.7 Å². The number of anilines is 1. The minimum Gasteiger partial charge on any atom is -0.388 e. The lowest BCUT2D eigenvalue weighted by atomic mass is 10.1. The van der Waals surface area contributed by atoms with Gasteiger partial charge in [-0.1, -0.05) is 42.0 Å². The minimum atomic E-state index is 0.140. The molecule has 0 bridgehead atoms. The summed E-state index contributed by atoms with van der Waals surface area (Å²) in [6.07, 6.45) is 1.77. The smallest absolute Gasteiger partial charge is 0.122 e. The predicted molar refractivity (Wildman–Crippen MR) is 88.4 cm³/mol. The number of nitrogens with zero attached hydrogens (tertiary/aromatic N) is 2. The summed E-state index contributed by atoms with van der Waals surface area (Å²) in [6, 6.07) is 11.8. The first-order chi connectivity index (χ1) is 9.50. The normalized spacial score (nSPS) is 11.9. The van der Waals surface area contributed by atoms with Crippen LogP contribution < -0.4 is 10.6 Å². The lowest BCUT2D eigenvalue weighted by Gasteiger charge is -2.27. The van der Waals surface area contributed by atoms with Crippen LogP contribution in [0.2, 0.25) is 5.02 Å². The highest BCUT2D eigenvalue weighted by Crippen LogP contribution is 2.29. The lowest BCUT2D eigenvalue weighted by molar-refractivity contribution is 0.738. The van der Waals surface area contributed by atoms with E-state index in [4.69, 9.17) is 29.6 Å². The number of halogens is 1. The molecule has 2 aromatic rings. The van der Waals surface area contributed by atoms with E-state index in [2.05, 4.69) is 16.8 Å². The quantitative estimate of drug-likeness (QED) is 0.877. The fraction of sp³-hybridized carbons (Fsp3) is 0.200. The summed E-state index contributed by atoms with van der Waals surface area (Å²) in [7, 11) is 2.01. The van der Waals surface area contributed by atoms with Gasteiger partial charge in [-0.2, -0.15) is 0 Å². The van der Waals surface area contributed by atoms with E-state index in [1.54, 1.807) is 6.20 Å². The van der Waals surface area contributed by atoms with E-state index in [1.165, 1.54) is 0 Å². The third kappa shape index (κ3) is 3.08. The molecule has 3 nitrogen and oxygen atoms in total. The van der Waals surface area contributed by atoms with Gasteiger partial charge < -0.3 is 10.6 Å². The van der Waals surface area contributed by atoms with Crippen molar-refractivity contribution in [2.24, 2.45) is 5.73 Å². The van der Waals surface area contributed by atoms with Crippen molar-refractivity contribution in [1.29, 1.82) is 0 Å². The third-order valence-corrected chi connectivity index (χ3v) is 3.90. The number of aromatic nitrogens is 1. The second-order valence-electron chi connectivity index (χ2n) is 4.57. The summed E-state index contributed by atoms with van der Waals surface area (Å²) < 4.78 is 0. The lowest BCUT2D eigenvalue weighted by Crippen LogP contribution is -2.22. The van der Waals surface area contributed by atoms with Crippen molar-refractivity contribution in [2.75, 3.05) is 11.9 Å². The molecule has 0 aliphatic heterocycles. The molecule has 20 heavy (non-hydrogen) atoms. The third-order valence-electron chi connectivity index (χ3n) is 3.34. The molecule has 0 radical (unpaired) electrons.